The van der Waals surface area contributed by atoms with Gasteiger partial charge in [0.05, 0.1) is 6.61 Å². The lowest BCUT2D eigenvalue weighted by molar-refractivity contribution is -0.145. The van der Waals surface area contributed by atoms with Crippen LogP contribution in [0.1, 0.15) is 5.56 Å². The molecule has 0 aliphatic heterocycles. The molecule has 0 aromatic heterocycles. The van der Waals surface area contributed by atoms with Crippen LogP contribution in [0.4, 0.5) is 0 Å². The first kappa shape index (κ1) is 12.9. The van der Waals surface area contributed by atoms with Crippen LogP contribution in [0.15, 0.2) is 30.3 Å². The van der Waals surface area contributed by atoms with E-state index in [-0.39, 0.29) is 12.4 Å². The summed E-state index contributed by atoms with van der Waals surface area (Å²) < 4.78 is 0. The van der Waals surface area contributed by atoms with Crippen LogP contribution >= 0.6 is 12.4 Å². The predicted molar refractivity (Wildman–Crippen MR) is 54.3 cm³/mol. The molecule has 0 aliphatic rings. The highest BCUT2D eigenvalue weighted by atomic mass is 35.5. The van der Waals surface area contributed by atoms with Crippen molar-refractivity contribution in [2.24, 2.45) is 5.73 Å². The first-order valence-corrected chi connectivity index (χ1v) is 3.80. The molecule has 4 nitrogen and oxygen atoms in total. The van der Waals surface area contributed by atoms with Gasteiger partial charge in [0.15, 0.2) is 5.54 Å². The minimum absolute atomic E-state index is 0. The second kappa shape index (κ2) is 4.95. The first-order valence-electron chi connectivity index (χ1n) is 3.80. The van der Waals surface area contributed by atoms with Crippen molar-refractivity contribution in [2.45, 2.75) is 5.54 Å². The fourth-order valence-corrected chi connectivity index (χ4v) is 1.02. The highest BCUT2D eigenvalue weighted by molar-refractivity contribution is 5.85. The lowest BCUT2D eigenvalue weighted by Crippen LogP contribution is -2.48. The van der Waals surface area contributed by atoms with Crippen LogP contribution in [0.25, 0.3) is 0 Å². The molecule has 0 unspecified atom stereocenters. The Bertz CT molecular complexity index is 304. The zero-order valence-corrected chi connectivity index (χ0v) is 8.20. The Balaban J connectivity index is 0.00000169. The Kier molecular flexibility index (Phi) is 4.56. The first-order chi connectivity index (χ1) is 6.11. The standard InChI is InChI=1S/C9H11NO3.ClH/c10-9(6-11,8(12)13)7-4-2-1-3-5-7;/h1-5,11H,6,10H2,(H,12,13);1H/t9-;/m0./s1. The van der Waals surface area contributed by atoms with Gasteiger partial charge in [-0.3, -0.25) is 0 Å². The number of rotatable bonds is 3. The maximum absolute atomic E-state index is 10.8. The molecule has 1 rings (SSSR count). The average molecular weight is 218 g/mol. The molecule has 5 heteroatoms. The molecule has 0 aliphatic carbocycles. The zero-order chi connectivity index (χ0) is 9.90. The van der Waals surface area contributed by atoms with Gasteiger partial charge in [0.25, 0.3) is 0 Å². The van der Waals surface area contributed by atoms with Gasteiger partial charge in [-0.15, -0.1) is 12.4 Å². The number of aliphatic hydroxyl groups is 1. The van der Waals surface area contributed by atoms with Gasteiger partial charge < -0.3 is 15.9 Å². The van der Waals surface area contributed by atoms with Crippen LogP contribution in [0.5, 0.6) is 0 Å². The monoisotopic (exact) mass is 217 g/mol. The molecule has 0 radical (unpaired) electrons. The number of hydrogen-bond acceptors (Lipinski definition) is 3. The molecular weight excluding hydrogens is 206 g/mol. The zero-order valence-electron chi connectivity index (χ0n) is 7.38. The van der Waals surface area contributed by atoms with E-state index in [1.165, 1.54) is 0 Å². The smallest absolute Gasteiger partial charge is 0.330 e. The third kappa shape index (κ3) is 2.23. The normalized spacial score (nSPS) is 13.9. The molecule has 0 bridgehead atoms. The van der Waals surface area contributed by atoms with E-state index >= 15 is 0 Å². The van der Waals surface area contributed by atoms with Crippen LogP contribution < -0.4 is 5.73 Å². The van der Waals surface area contributed by atoms with E-state index in [0.29, 0.717) is 5.56 Å². The molecule has 0 saturated carbocycles. The maximum Gasteiger partial charge on any atom is 0.330 e. The van der Waals surface area contributed by atoms with Crippen LogP contribution in [-0.2, 0) is 10.3 Å². The summed E-state index contributed by atoms with van der Waals surface area (Å²) in [5.41, 5.74) is 4.21. The fraction of sp³-hybridized carbons (Fsp3) is 0.222. The molecule has 1 aromatic rings. The van der Waals surface area contributed by atoms with E-state index in [0.717, 1.165) is 0 Å². The average Bonchev–Trinajstić information content (AvgIpc) is 2.17. The summed E-state index contributed by atoms with van der Waals surface area (Å²) in [6.07, 6.45) is 0. The Labute approximate surface area is 87.8 Å². The molecule has 0 heterocycles. The van der Waals surface area contributed by atoms with Crippen LogP contribution in [0.3, 0.4) is 0 Å². The van der Waals surface area contributed by atoms with E-state index in [1.807, 2.05) is 0 Å². The fourth-order valence-electron chi connectivity index (χ4n) is 1.02. The molecule has 4 N–H and O–H groups in total. The van der Waals surface area contributed by atoms with E-state index in [9.17, 15) is 4.79 Å². The summed E-state index contributed by atoms with van der Waals surface area (Å²) in [6, 6.07) is 8.25. The quantitative estimate of drug-likeness (QED) is 0.682. The summed E-state index contributed by atoms with van der Waals surface area (Å²) in [6.45, 7) is -0.619. The third-order valence-electron chi connectivity index (χ3n) is 1.92. The van der Waals surface area contributed by atoms with Crippen LogP contribution in [0.2, 0.25) is 0 Å². The van der Waals surface area contributed by atoms with E-state index in [2.05, 4.69) is 0 Å². The number of hydrogen-bond donors (Lipinski definition) is 3. The molecule has 0 spiro atoms. The number of nitrogens with two attached hydrogens (primary N) is 1. The topological polar surface area (TPSA) is 83.5 Å². The Morgan fingerprint density at radius 3 is 2.21 bits per heavy atom. The van der Waals surface area contributed by atoms with Crippen LogP contribution in [-0.4, -0.2) is 22.8 Å². The molecule has 0 amide bonds. The van der Waals surface area contributed by atoms with Gasteiger partial charge in [-0.2, -0.15) is 0 Å². The molecule has 1 aromatic carbocycles. The number of aliphatic carboxylic acids is 1. The highest BCUT2D eigenvalue weighted by Crippen LogP contribution is 2.17. The number of benzene rings is 1. The summed E-state index contributed by atoms with van der Waals surface area (Å²) in [5.74, 6) is -1.23. The van der Waals surface area contributed by atoms with Gasteiger partial charge in [0, 0.05) is 0 Å². The van der Waals surface area contributed by atoms with E-state index < -0.39 is 18.1 Å². The Morgan fingerprint density at radius 1 is 1.36 bits per heavy atom. The van der Waals surface area contributed by atoms with Gasteiger partial charge in [0.1, 0.15) is 0 Å². The predicted octanol–water partition coefficient (Wildman–Crippen LogP) is 0.339. The number of aliphatic hydroxyl groups excluding tert-OH is 1. The van der Waals surface area contributed by atoms with Crippen LogP contribution in [0, 0.1) is 0 Å². The number of halogens is 1. The van der Waals surface area contributed by atoms with Gasteiger partial charge in [0.2, 0.25) is 0 Å². The lowest BCUT2D eigenvalue weighted by Gasteiger charge is -2.22. The van der Waals surface area contributed by atoms with Gasteiger partial charge in [-0.05, 0) is 5.56 Å². The lowest BCUT2D eigenvalue weighted by atomic mass is 9.92. The SMILES string of the molecule is Cl.N[C@](CO)(C(=O)O)c1ccccc1. The molecule has 0 fully saturated rings. The number of carboxylic acid groups (broad SMARTS) is 1. The Morgan fingerprint density at radius 2 is 1.86 bits per heavy atom. The molecule has 1 atom stereocenters. The van der Waals surface area contributed by atoms with Crippen molar-refractivity contribution in [3.8, 4) is 0 Å². The third-order valence-corrected chi connectivity index (χ3v) is 1.92. The van der Waals surface area contributed by atoms with Crippen molar-refractivity contribution in [1.29, 1.82) is 0 Å². The number of carbonyl (C=O) groups is 1. The van der Waals surface area contributed by atoms with Crippen molar-refractivity contribution < 1.29 is 15.0 Å². The second-order valence-corrected chi connectivity index (χ2v) is 2.80. The van der Waals surface area contributed by atoms with Gasteiger partial charge in [-0.1, -0.05) is 30.3 Å². The molecule has 78 valence electrons. The van der Waals surface area contributed by atoms with Crippen molar-refractivity contribution in [2.75, 3.05) is 6.61 Å². The van der Waals surface area contributed by atoms with Gasteiger partial charge >= 0.3 is 5.97 Å². The molecule has 0 saturated heterocycles. The van der Waals surface area contributed by atoms with E-state index in [4.69, 9.17) is 15.9 Å². The van der Waals surface area contributed by atoms with Crippen molar-refractivity contribution >= 4 is 18.4 Å². The minimum atomic E-state index is -1.69. The summed E-state index contributed by atoms with van der Waals surface area (Å²) in [5, 5.41) is 17.7. The summed E-state index contributed by atoms with van der Waals surface area (Å²) in [4.78, 5) is 10.8. The van der Waals surface area contributed by atoms with Gasteiger partial charge in [-0.25, -0.2) is 4.79 Å². The Hall–Kier alpha value is -1.10. The van der Waals surface area contributed by atoms with E-state index in [1.54, 1.807) is 30.3 Å². The number of carboxylic acids is 1. The van der Waals surface area contributed by atoms with Crippen molar-refractivity contribution in [3.05, 3.63) is 35.9 Å². The summed E-state index contributed by atoms with van der Waals surface area (Å²) in [7, 11) is 0. The highest BCUT2D eigenvalue weighted by Gasteiger charge is 2.34. The second-order valence-electron chi connectivity index (χ2n) is 2.80. The van der Waals surface area contributed by atoms with Crippen molar-refractivity contribution in [3.63, 3.8) is 0 Å². The van der Waals surface area contributed by atoms with Crippen molar-refractivity contribution in [1.82, 2.24) is 0 Å². The maximum atomic E-state index is 10.8. The summed E-state index contributed by atoms with van der Waals surface area (Å²) >= 11 is 0. The minimum Gasteiger partial charge on any atom is -0.480 e. The largest absolute Gasteiger partial charge is 0.480 e. The molecular formula is C9H12ClNO3. The molecule has 14 heavy (non-hydrogen) atoms.